The second kappa shape index (κ2) is 9.48. The summed E-state index contributed by atoms with van der Waals surface area (Å²) in [6.45, 7) is 3.06. The molecule has 1 aromatic carbocycles. The van der Waals surface area contributed by atoms with Crippen molar-refractivity contribution in [3.63, 3.8) is 0 Å². The van der Waals surface area contributed by atoms with Crippen molar-refractivity contribution in [1.82, 2.24) is 10.3 Å². The van der Waals surface area contributed by atoms with E-state index >= 15 is 0 Å². The van der Waals surface area contributed by atoms with Gasteiger partial charge in [-0.05, 0) is 50.6 Å². The number of hydrogen-bond donors (Lipinski definition) is 2. The smallest absolute Gasteiger partial charge is 0.0557 e. The van der Waals surface area contributed by atoms with Gasteiger partial charge in [0.15, 0.2) is 0 Å². The molecule has 1 aliphatic rings. The van der Waals surface area contributed by atoms with Gasteiger partial charge in [0.1, 0.15) is 0 Å². The van der Waals surface area contributed by atoms with E-state index in [-0.39, 0.29) is 37.2 Å². The first-order valence-electron chi connectivity index (χ1n) is 7.76. The van der Waals surface area contributed by atoms with Gasteiger partial charge in [0.05, 0.1) is 11.9 Å². The van der Waals surface area contributed by atoms with Gasteiger partial charge in [0.2, 0.25) is 0 Å². The first-order valence-corrected chi connectivity index (χ1v) is 7.76. The number of nitrogen functional groups attached to an aromatic ring is 1. The highest BCUT2D eigenvalue weighted by atomic mass is 35.5. The van der Waals surface area contributed by atoms with Crippen LogP contribution in [-0.4, -0.2) is 31.2 Å². The van der Waals surface area contributed by atoms with E-state index in [0.29, 0.717) is 5.54 Å². The number of nitrogens with zero attached hydrogens (tertiary/aromatic N) is 2. The number of halogens is 3. The Bertz CT molecular complexity index is 673. The zero-order valence-electron chi connectivity index (χ0n) is 14.8. The molecule has 0 saturated heterocycles. The van der Waals surface area contributed by atoms with Gasteiger partial charge in [-0.25, -0.2) is 0 Å². The van der Waals surface area contributed by atoms with Gasteiger partial charge in [-0.3, -0.25) is 4.98 Å². The quantitative estimate of drug-likeness (QED) is 0.736. The normalized spacial score (nSPS) is 13.7. The highest BCUT2D eigenvalue weighted by Gasteiger charge is 2.41. The zero-order valence-corrected chi connectivity index (χ0v) is 17.2. The van der Waals surface area contributed by atoms with Crippen molar-refractivity contribution in [3.8, 4) is 11.1 Å². The average molecular weight is 406 g/mol. The van der Waals surface area contributed by atoms with Crippen LogP contribution in [0.5, 0.6) is 0 Å². The maximum absolute atomic E-state index is 5.78. The van der Waals surface area contributed by atoms with Gasteiger partial charge in [0.25, 0.3) is 0 Å². The molecule has 0 aliphatic heterocycles. The van der Waals surface area contributed by atoms with Gasteiger partial charge in [-0.1, -0.05) is 12.1 Å². The Morgan fingerprint density at radius 2 is 1.76 bits per heavy atom. The van der Waals surface area contributed by atoms with Crippen LogP contribution in [0.2, 0.25) is 0 Å². The number of anilines is 2. The largest absolute Gasteiger partial charge is 0.399 e. The molecule has 1 heterocycles. The lowest BCUT2D eigenvalue weighted by Crippen LogP contribution is -2.39. The second-order valence-electron chi connectivity index (χ2n) is 6.33. The number of aromatic nitrogens is 1. The Kier molecular flexibility index (Phi) is 9.03. The van der Waals surface area contributed by atoms with Gasteiger partial charge in [0, 0.05) is 36.1 Å². The van der Waals surface area contributed by atoms with E-state index in [1.54, 1.807) is 0 Å². The summed E-state index contributed by atoms with van der Waals surface area (Å²) in [4.78, 5) is 6.87. The molecule has 4 nitrogen and oxygen atoms in total. The number of pyridine rings is 1. The predicted molar refractivity (Wildman–Crippen MR) is 115 cm³/mol. The fourth-order valence-corrected chi connectivity index (χ4v) is 2.87. The lowest BCUT2D eigenvalue weighted by Gasteiger charge is -2.25. The molecule has 140 valence electrons. The first-order chi connectivity index (χ1) is 10.5. The van der Waals surface area contributed by atoms with Crippen molar-refractivity contribution in [2.45, 2.75) is 25.3 Å². The van der Waals surface area contributed by atoms with Crippen LogP contribution in [0, 0.1) is 6.92 Å². The first kappa shape index (κ1) is 23.8. The summed E-state index contributed by atoms with van der Waals surface area (Å²) in [5.41, 5.74) is 11.4. The molecule has 1 fully saturated rings. The Hall–Kier alpha value is -1.20. The van der Waals surface area contributed by atoms with E-state index in [2.05, 4.69) is 40.4 Å². The van der Waals surface area contributed by atoms with Crippen LogP contribution in [0.1, 0.15) is 18.5 Å². The van der Waals surface area contributed by atoms with Crippen molar-refractivity contribution in [2.75, 3.05) is 31.3 Å². The summed E-state index contributed by atoms with van der Waals surface area (Å²) in [6.07, 6.45) is 4.46. The van der Waals surface area contributed by atoms with Crippen LogP contribution in [0.25, 0.3) is 11.1 Å². The standard InChI is InChI=1S/C18H24N4.3ClH/c1-13-17(14-4-6-15(19)7-5-14)10-16(11-21-13)22(3)12-18(20-2)8-9-18;;;/h4-7,10-11,20H,8-9,12,19H2,1-3H3;3*1H. The SMILES string of the molecule is CNC1(CN(C)c2cnc(C)c(-c3ccc(N)cc3)c2)CC1.Cl.Cl.Cl. The van der Waals surface area contributed by atoms with Crippen molar-refractivity contribution in [1.29, 1.82) is 0 Å². The molecule has 0 unspecified atom stereocenters. The molecule has 1 saturated carbocycles. The second-order valence-corrected chi connectivity index (χ2v) is 6.33. The maximum atomic E-state index is 5.78. The number of benzene rings is 1. The van der Waals surface area contributed by atoms with Crippen LogP contribution >= 0.6 is 37.2 Å². The third-order valence-corrected chi connectivity index (χ3v) is 4.66. The molecule has 0 amide bonds. The third-order valence-electron chi connectivity index (χ3n) is 4.66. The number of rotatable bonds is 5. The maximum Gasteiger partial charge on any atom is 0.0557 e. The molecule has 1 aromatic heterocycles. The van der Waals surface area contributed by atoms with Gasteiger partial charge < -0.3 is 16.0 Å². The van der Waals surface area contributed by atoms with E-state index in [9.17, 15) is 0 Å². The number of nitrogens with one attached hydrogen (secondary N) is 1. The van der Waals surface area contributed by atoms with E-state index in [1.165, 1.54) is 18.4 Å². The molecule has 1 aliphatic carbocycles. The van der Waals surface area contributed by atoms with Crippen molar-refractivity contribution < 1.29 is 0 Å². The van der Waals surface area contributed by atoms with E-state index in [4.69, 9.17) is 5.73 Å². The minimum atomic E-state index is 0. The predicted octanol–water partition coefficient (Wildman–Crippen LogP) is 4.09. The molecule has 7 heteroatoms. The summed E-state index contributed by atoms with van der Waals surface area (Å²) < 4.78 is 0. The van der Waals surface area contributed by atoms with E-state index in [1.807, 2.05) is 32.3 Å². The lowest BCUT2D eigenvalue weighted by molar-refractivity contribution is 0.549. The van der Waals surface area contributed by atoms with Crippen LogP contribution in [-0.2, 0) is 0 Å². The monoisotopic (exact) mass is 404 g/mol. The van der Waals surface area contributed by atoms with Gasteiger partial charge >= 0.3 is 0 Å². The minimum Gasteiger partial charge on any atom is -0.399 e. The Morgan fingerprint density at radius 3 is 2.28 bits per heavy atom. The molecule has 3 N–H and O–H groups in total. The molecule has 0 radical (unpaired) electrons. The highest BCUT2D eigenvalue weighted by molar-refractivity contribution is 5.86. The third kappa shape index (κ3) is 5.38. The summed E-state index contributed by atoms with van der Waals surface area (Å²) in [5.74, 6) is 0. The number of hydrogen-bond acceptors (Lipinski definition) is 4. The molecule has 0 atom stereocenters. The molecule has 2 aromatic rings. The van der Waals surface area contributed by atoms with Crippen molar-refractivity contribution in [2.24, 2.45) is 0 Å². The van der Waals surface area contributed by atoms with Gasteiger partial charge in [-0.2, -0.15) is 0 Å². The number of likely N-dealkylation sites (N-methyl/N-ethyl adjacent to an activating group) is 2. The molecular formula is C18H27Cl3N4. The van der Waals surface area contributed by atoms with Crippen LogP contribution in [0.4, 0.5) is 11.4 Å². The summed E-state index contributed by atoms with van der Waals surface area (Å²) in [5, 5.41) is 3.44. The van der Waals surface area contributed by atoms with Crippen LogP contribution in [0.15, 0.2) is 36.5 Å². The number of aryl methyl sites for hydroxylation is 1. The zero-order chi connectivity index (χ0) is 15.7. The Labute approximate surface area is 168 Å². The average Bonchev–Trinajstić information content (AvgIpc) is 3.29. The topological polar surface area (TPSA) is 54.2 Å². The van der Waals surface area contributed by atoms with E-state index in [0.717, 1.165) is 29.2 Å². The Balaban J connectivity index is 0.00000192. The summed E-state index contributed by atoms with van der Waals surface area (Å²) >= 11 is 0. The van der Waals surface area contributed by atoms with Crippen molar-refractivity contribution >= 4 is 48.6 Å². The molecule has 25 heavy (non-hydrogen) atoms. The summed E-state index contributed by atoms with van der Waals surface area (Å²) in [6, 6.07) is 10.2. The highest BCUT2D eigenvalue weighted by Crippen LogP contribution is 2.36. The van der Waals surface area contributed by atoms with Gasteiger partial charge in [-0.15, -0.1) is 37.2 Å². The fraction of sp³-hybridized carbons (Fsp3) is 0.389. The molecule has 3 rings (SSSR count). The van der Waals surface area contributed by atoms with Crippen LogP contribution in [0.3, 0.4) is 0 Å². The van der Waals surface area contributed by atoms with Crippen LogP contribution < -0.4 is 16.0 Å². The Morgan fingerprint density at radius 1 is 1.16 bits per heavy atom. The fourth-order valence-electron chi connectivity index (χ4n) is 2.87. The summed E-state index contributed by atoms with van der Waals surface area (Å²) in [7, 11) is 4.19. The molecular weight excluding hydrogens is 379 g/mol. The van der Waals surface area contributed by atoms with E-state index < -0.39 is 0 Å². The molecule has 0 spiro atoms. The molecule has 0 bridgehead atoms. The minimum absolute atomic E-state index is 0. The lowest BCUT2D eigenvalue weighted by atomic mass is 10.0. The van der Waals surface area contributed by atoms with Crippen molar-refractivity contribution in [3.05, 3.63) is 42.2 Å². The number of nitrogens with two attached hydrogens (primary N) is 1.